The molecular weight excluding hydrogens is 148 g/mol. The molecule has 0 spiro atoms. The lowest BCUT2D eigenvalue weighted by atomic mass is 10.1. The van der Waals surface area contributed by atoms with Crippen molar-refractivity contribution in [3.63, 3.8) is 0 Å². The fraction of sp³-hybridized carbons (Fsp3) is 0.800. The predicted octanol–water partition coefficient (Wildman–Crippen LogP) is 1.38. The summed E-state index contributed by atoms with van der Waals surface area (Å²) in [6.07, 6.45) is 9.44. The molecule has 1 aliphatic rings. The molecule has 12 heavy (non-hydrogen) atoms. The Hall–Kier alpha value is -0.340. The van der Waals surface area contributed by atoms with Gasteiger partial charge in [0.05, 0.1) is 0 Å². The average molecular weight is 168 g/mol. The first-order valence-corrected chi connectivity index (χ1v) is 4.90. The molecule has 0 saturated carbocycles. The fourth-order valence-electron chi connectivity index (χ4n) is 1.74. The lowest BCUT2D eigenvalue weighted by Gasteiger charge is -2.16. The second-order valence-electron chi connectivity index (χ2n) is 3.56. The predicted molar refractivity (Wildman–Crippen MR) is 53.1 cm³/mol. The molecule has 1 rings (SSSR count). The van der Waals surface area contributed by atoms with E-state index in [9.17, 15) is 0 Å². The minimum Gasteiger partial charge on any atom is -0.330 e. The molecule has 0 aliphatic carbocycles. The van der Waals surface area contributed by atoms with Crippen molar-refractivity contribution in [2.45, 2.75) is 31.7 Å². The average Bonchev–Trinajstić information content (AvgIpc) is 2.46. The zero-order valence-corrected chi connectivity index (χ0v) is 8.00. The van der Waals surface area contributed by atoms with Gasteiger partial charge in [-0.1, -0.05) is 12.2 Å². The van der Waals surface area contributed by atoms with Gasteiger partial charge in [-0.15, -0.1) is 0 Å². The standard InChI is InChI=1S/C10H20N2/c1-12-9-5-7-10(12)6-3-2-4-8-11/h2-3,10H,4-9,11H2,1H3/b3-2-. The fourth-order valence-corrected chi connectivity index (χ4v) is 1.74. The van der Waals surface area contributed by atoms with Gasteiger partial charge in [0.2, 0.25) is 0 Å². The van der Waals surface area contributed by atoms with Crippen LogP contribution in [0, 0.1) is 0 Å². The lowest BCUT2D eigenvalue weighted by Crippen LogP contribution is -2.23. The second-order valence-corrected chi connectivity index (χ2v) is 3.56. The third-order valence-electron chi connectivity index (χ3n) is 2.58. The van der Waals surface area contributed by atoms with Gasteiger partial charge in [0.1, 0.15) is 0 Å². The molecule has 2 heteroatoms. The van der Waals surface area contributed by atoms with Crippen molar-refractivity contribution >= 4 is 0 Å². The van der Waals surface area contributed by atoms with E-state index >= 15 is 0 Å². The first kappa shape index (κ1) is 9.75. The van der Waals surface area contributed by atoms with Crippen LogP contribution in [0.1, 0.15) is 25.7 Å². The van der Waals surface area contributed by atoms with Crippen LogP contribution < -0.4 is 5.73 Å². The van der Waals surface area contributed by atoms with E-state index in [0.717, 1.165) is 19.0 Å². The molecule has 0 bridgehead atoms. The Morgan fingerprint density at radius 3 is 2.92 bits per heavy atom. The molecule has 1 aliphatic heterocycles. The lowest BCUT2D eigenvalue weighted by molar-refractivity contribution is 0.312. The van der Waals surface area contributed by atoms with E-state index in [0.29, 0.717) is 0 Å². The normalized spacial score (nSPS) is 25.7. The Morgan fingerprint density at radius 1 is 1.50 bits per heavy atom. The summed E-state index contributed by atoms with van der Waals surface area (Å²) in [5.41, 5.74) is 5.39. The third kappa shape index (κ3) is 2.95. The first-order valence-electron chi connectivity index (χ1n) is 4.90. The summed E-state index contributed by atoms with van der Waals surface area (Å²) < 4.78 is 0. The van der Waals surface area contributed by atoms with Gasteiger partial charge >= 0.3 is 0 Å². The van der Waals surface area contributed by atoms with E-state index in [2.05, 4.69) is 24.1 Å². The number of nitrogens with zero attached hydrogens (tertiary/aromatic N) is 1. The van der Waals surface area contributed by atoms with E-state index in [-0.39, 0.29) is 0 Å². The van der Waals surface area contributed by atoms with Crippen LogP contribution in [0.25, 0.3) is 0 Å². The molecule has 0 amide bonds. The molecule has 1 heterocycles. The van der Waals surface area contributed by atoms with E-state index in [4.69, 9.17) is 5.73 Å². The molecule has 1 atom stereocenters. The molecule has 0 aromatic heterocycles. The summed E-state index contributed by atoms with van der Waals surface area (Å²) >= 11 is 0. The molecule has 0 radical (unpaired) electrons. The van der Waals surface area contributed by atoms with Crippen LogP contribution in [0.3, 0.4) is 0 Å². The maximum atomic E-state index is 5.39. The Labute approximate surface area is 75.4 Å². The zero-order chi connectivity index (χ0) is 8.81. The summed E-state index contributed by atoms with van der Waals surface area (Å²) in [5.74, 6) is 0. The zero-order valence-electron chi connectivity index (χ0n) is 8.00. The minimum absolute atomic E-state index is 0.775. The highest BCUT2D eigenvalue weighted by Crippen LogP contribution is 2.17. The van der Waals surface area contributed by atoms with Gasteiger partial charge in [0.15, 0.2) is 0 Å². The van der Waals surface area contributed by atoms with Gasteiger partial charge < -0.3 is 10.6 Å². The van der Waals surface area contributed by atoms with Gasteiger partial charge in [-0.25, -0.2) is 0 Å². The molecule has 0 aromatic carbocycles. The van der Waals surface area contributed by atoms with E-state index < -0.39 is 0 Å². The van der Waals surface area contributed by atoms with E-state index in [1.807, 2.05) is 0 Å². The van der Waals surface area contributed by atoms with Gasteiger partial charge in [0, 0.05) is 6.04 Å². The van der Waals surface area contributed by atoms with Gasteiger partial charge in [-0.05, 0) is 45.8 Å². The second kappa shape index (κ2) is 5.33. The first-order chi connectivity index (χ1) is 5.84. The number of nitrogens with two attached hydrogens (primary N) is 1. The maximum absolute atomic E-state index is 5.39. The van der Waals surface area contributed by atoms with Crippen molar-refractivity contribution in [2.75, 3.05) is 20.1 Å². The molecule has 1 fully saturated rings. The van der Waals surface area contributed by atoms with Crippen molar-refractivity contribution < 1.29 is 0 Å². The van der Waals surface area contributed by atoms with Crippen LogP contribution in [0.15, 0.2) is 12.2 Å². The van der Waals surface area contributed by atoms with Gasteiger partial charge in [-0.3, -0.25) is 0 Å². The molecule has 70 valence electrons. The molecule has 1 saturated heterocycles. The Bertz CT molecular complexity index is 143. The maximum Gasteiger partial charge on any atom is 0.0127 e. The summed E-state index contributed by atoms with van der Waals surface area (Å²) in [5, 5.41) is 0. The SMILES string of the molecule is CN1CCCC1C/C=C\CCN. The third-order valence-corrected chi connectivity index (χ3v) is 2.58. The molecule has 2 N–H and O–H groups in total. The molecular formula is C10H20N2. The molecule has 1 unspecified atom stereocenters. The van der Waals surface area contributed by atoms with E-state index in [1.54, 1.807) is 0 Å². The number of hydrogen-bond acceptors (Lipinski definition) is 2. The highest BCUT2D eigenvalue weighted by atomic mass is 15.1. The smallest absolute Gasteiger partial charge is 0.0127 e. The minimum atomic E-state index is 0.775. The number of rotatable bonds is 4. The van der Waals surface area contributed by atoms with Crippen LogP contribution >= 0.6 is 0 Å². The van der Waals surface area contributed by atoms with Crippen LogP contribution in [0.5, 0.6) is 0 Å². The molecule has 2 nitrogen and oxygen atoms in total. The van der Waals surface area contributed by atoms with Crippen molar-refractivity contribution in [1.82, 2.24) is 4.90 Å². The molecule has 0 aromatic rings. The Morgan fingerprint density at radius 2 is 2.33 bits per heavy atom. The topological polar surface area (TPSA) is 29.3 Å². The summed E-state index contributed by atoms with van der Waals surface area (Å²) in [4.78, 5) is 2.45. The van der Waals surface area contributed by atoms with Crippen molar-refractivity contribution in [1.29, 1.82) is 0 Å². The highest BCUT2D eigenvalue weighted by molar-refractivity contribution is 4.89. The van der Waals surface area contributed by atoms with Crippen LogP contribution in [-0.4, -0.2) is 31.1 Å². The Balaban J connectivity index is 2.13. The van der Waals surface area contributed by atoms with Crippen molar-refractivity contribution in [3.8, 4) is 0 Å². The van der Waals surface area contributed by atoms with Crippen LogP contribution in [0.2, 0.25) is 0 Å². The van der Waals surface area contributed by atoms with E-state index in [1.165, 1.54) is 25.8 Å². The van der Waals surface area contributed by atoms with Crippen LogP contribution in [-0.2, 0) is 0 Å². The quantitative estimate of drug-likeness (QED) is 0.642. The van der Waals surface area contributed by atoms with Gasteiger partial charge in [0.25, 0.3) is 0 Å². The highest BCUT2D eigenvalue weighted by Gasteiger charge is 2.18. The van der Waals surface area contributed by atoms with Gasteiger partial charge in [-0.2, -0.15) is 0 Å². The largest absolute Gasteiger partial charge is 0.330 e. The summed E-state index contributed by atoms with van der Waals surface area (Å²) in [7, 11) is 2.22. The number of hydrogen-bond donors (Lipinski definition) is 1. The Kier molecular flexibility index (Phi) is 4.33. The summed E-state index contributed by atoms with van der Waals surface area (Å²) in [6, 6.07) is 0.791. The van der Waals surface area contributed by atoms with Crippen molar-refractivity contribution in [2.24, 2.45) is 5.73 Å². The number of likely N-dealkylation sites (tertiary alicyclic amines) is 1. The van der Waals surface area contributed by atoms with Crippen LogP contribution in [0.4, 0.5) is 0 Å². The summed E-state index contributed by atoms with van der Waals surface area (Å²) in [6.45, 7) is 2.05. The van der Waals surface area contributed by atoms with Crippen molar-refractivity contribution in [3.05, 3.63) is 12.2 Å². The monoisotopic (exact) mass is 168 g/mol.